The van der Waals surface area contributed by atoms with Gasteiger partial charge in [0.05, 0.1) is 0 Å². The number of carbonyl (C=O) groups is 1. The van der Waals surface area contributed by atoms with Crippen LogP contribution in [0.2, 0.25) is 0 Å². The van der Waals surface area contributed by atoms with Crippen molar-refractivity contribution in [1.82, 2.24) is 0 Å². The first-order valence-corrected chi connectivity index (χ1v) is 7.05. The minimum absolute atomic E-state index is 0.508. The maximum Gasteiger partial charge on any atom is 0.330 e. The van der Waals surface area contributed by atoms with E-state index >= 15 is 0 Å². The zero-order valence-corrected chi connectivity index (χ0v) is 11.2. The molecular formula is C15H26O2. The van der Waals surface area contributed by atoms with Crippen molar-refractivity contribution in [2.45, 2.75) is 65.2 Å². The Kier molecular flexibility index (Phi) is 6.31. The monoisotopic (exact) mass is 238 g/mol. The molecule has 1 N–H and O–H groups in total. The van der Waals surface area contributed by atoms with Gasteiger partial charge in [-0.05, 0) is 44.4 Å². The Morgan fingerprint density at radius 1 is 1.24 bits per heavy atom. The van der Waals surface area contributed by atoms with Crippen LogP contribution < -0.4 is 0 Å². The van der Waals surface area contributed by atoms with Gasteiger partial charge in [-0.1, -0.05) is 38.7 Å². The molecule has 2 nitrogen and oxygen atoms in total. The Labute approximate surface area is 105 Å². The molecule has 98 valence electrons. The number of allylic oxidation sites excluding steroid dienone is 1. The van der Waals surface area contributed by atoms with Gasteiger partial charge in [-0.2, -0.15) is 0 Å². The fraction of sp³-hybridized carbons (Fsp3) is 0.800. The summed E-state index contributed by atoms with van der Waals surface area (Å²) in [5, 5.41) is 8.84. The highest BCUT2D eigenvalue weighted by atomic mass is 16.4. The number of hydrogen-bond donors (Lipinski definition) is 1. The molecule has 0 saturated heterocycles. The van der Waals surface area contributed by atoms with Gasteiger partial charge in [0.2, 0.25) is 0 Å². The third-order valence-electron chi connectivity index (χ3n) is 3.93. The SMILES string of the molecule is CCCCCC1CCC(C=C(C)C(=O)O)CC1. The number of carboxylic acid groups (broad SMARTS) is 1. The van der Waals surface area contributed by atoms with E-state index in [0.29, 0.717) is 11.5 Å². The summed E-state index contributed by atoms with van der Waals surface area (Å²) >= 11 is 0. The van der Waals surface area contributed by atoms with Crippen molar-refractivity contribution in [1.29, 1.82) is 0 Å². The van der Waals surface area contributed by atoms with Crippen LogP contribution in [0.1, 0.15) is 65.2 Å². The zero-order chi connectivity index (χ0) is 12.7. The fourth-order valence-corrected chi connectivity index (χ4v) is 2.75. The molecule has 0 spiro atoms. The summed E-state index contributed by atoms with van der Waals surface area (Å²) in [6.07, 6.45) is 12.3. The summed E-state index contributed by atoms with van der Waals surface area (Å²) in [7, 11) is 0. The summed E-state index contributed by atoms with van der Waals surface area (Å²) in [6, 6.07) is 0. The molecule has 0 heterocycles. The Morgan fingerprint density at radius 3 is 2.41 bits per heavy atom. The van der Waals surface area contributed by atoms with Crippen LogP contribution in [0.15, 0.2) is 11.6 Å². The lowest BCUT2D eigenvalue weighted by molar-refractivity contribution is -0.132. The van der Waals surface area contributed by atoms with E-state index in [2.05, 4.69) is 6.92 Å². The van der Waals surface area contributed by atoms with E-state index in [4.69, 9.17) is 5.11 Å². The van der Waals surface area contributed by atoms with Gasteiger partial charge in [0, 0.05) is 5.57 Å². The van der Waals surface area contributed by atoms with Crippen molar-refractivity contribution in [2.75, 3.05) is 0 Å². The third kappa shape index (κ3) is 5.38. The first-order chi connectivity index (χ1) is 8.13. The van der Waals surface area contributed by atoms with Gasteiger partial charge in [-0.3, -0.25) is 0 Å². The van der Waals surface area contributed by atoms with E-state index in [-0.39, 0.29) is 0 Å². The molecule has 1 fully saturated rings. The third-order valence-corrected chi connectivity index (χ3v) is 3.93. The molecule has 0 aromatic carbocycles. The van der Waals surface area contributed by atoms with Gasteiger partial charge >= 0.3 is 5.97 Å². The summed E-state index contributed by atoms with van der Waals surface area (Å²) in [5.74, 6) is 0.639. The summed E-state index contributed by atoms with van der Waals surface area (Å²) < 4.78 is 0. The van der Waals surface area contributed by atoms with Gasteiger partial charge in [-0.25, -0.2) is 4.79 Å². The number of hydrogen-bond acceptors (Lipinski definition) is 1. The van der Waals surface area contributed by atoms with E-state index in [1.807, 2.05) is 6.08 Å². The van der Waals surface area contributed by atoms with Crippen molar-refractivity contribution in [3.8, 4) is 0 Å². The number of rotatable bonds is 6. The number of unbranched alkanes of at least 4 members (excludes halogenated alkanes) is 2. The van der Waals surface area contributed by atoms with Gasteiger partial charge < -0.3 is 5.11 Å². The van der Waals surface area contributed by atoms with E-state index < -0.39 is 5.97 Å². The minimum Gasteiger partial charge on any atom is -0.478 e. The second-order valence-corrected chi connectivity index (χ2v) is 5.43. The molecular weight excluding hydrogens is 212 g/mol. The van der Waals surface area contributed by atoms with Crippen molar-refractivity contribution in [3.05, 3.63) is 11.6 Å². The maximum atomic E-state index is 10.7. The zero-order valence-electron chi connectivity index (χ0n) is 11.2. The lowest BCUT2D eigenvalue weighted by atomic mass is 9.79. The van der Waals surface area contributed by atoms with E-state index in [9.17, 15) is 4.79 Å². The molecule has 0 aliphatic heterocycles. The smallest absolute Gasteiger partial charge is 0.330 e. The molecule has 0 aromatic rings. The maximum absolute atomic E-state index is 10.7. The average molecular weight is 238 g/mol. The highest BCUT2D eigenvalue weighted by Crippen LogP contribution is 2.33. The van der Waals surface area contributed by atoms with Gasteiger partial charge in [0.25, 0.3) is 0 Å². The molecule has 0 amide bonds. The van der Waals surface area contributed by atoms with Gasteiger partial charge in [-0.15, -0.1) is 0 Å². The Hall–Kier alpha value is -0.790. The predicted octanol–water partition coefficient (Wildman–Crippen LogP) is 4.40. The predicted molar refractivity (Wildman–Crippen MR) is 71.0 cm³/mol. The molecule has 17 heavy (non-hydrogen) atoms. The molecule has 1 aliphatic carbocycles. The molecule has 2 heteroatoms. The van der Waals surface area contributed by atoms with Crippen LogP contribution in [0, 0.1) is 11.8 Å². The van der Waals surface area contributed by atoms with Crippen molar-refractivity contribution in [2.24, 2.45) is 11.8 Å². The quantitative estimate of drug-likeness (QED) is 0.550. The first kappa shape index (κ1) is 14.3. The van der Waals surface area contributed by atoms with E-state index in [1.165, 1.54) is 51.4 Å². The highest BCUT2D eigenvalue weighted by molar-refractivity contribution is 5.85. The Balaban J connectivity index is 2.26. The molecule has 0 atom stereocenters. The molecule has 0 aromatic heterocycles. The lowest BCUT2D eigenvalue weighted by Gasteiger charge is -2.27. The van der Waals surface area contributed by atoms with Crippen molar-refractivity contribution < 1.29 is 9.90 Å². The molecule has 1 aliphatic rings. The van der Waals surface area contributed by atoms with Crippen LogP contribution in [-0.4, -0.2) is 11.1 Å². The molecule has 0 radical (unpaired) electrons. The summed E-state index contributed by atoms with van der Waals surface area (Å²) in [5.41, 5.74) is 0.513. The molecule has 1 saturated carbocycles. The van der Waals surface area contributed by atoms with Crippen molar-refractivity contribution in [3.63, 3.8) is 0 Å². The molecule has 1 rings (SSSR count). The number of carboxylic acids is 1. The normalized spacial score (nSPS) is 25.9. The lowest BCUT2D eigenvalue weighted by Crippen LogP contribution is -2.14. The van der Waals surface area contributed by atoms with Crippen LogP contribution in [0.3, 0.4) is 0 Å². The van der Waals surface area contributed by atoms with Crippen LogP contribution >= 0.6 is 0 Å². The average Bonchev–Trinajstić information content (AvgIpc) is 2.31. The minimum atomic E-state index is -0.768. The first-order valence-electron chi connectivity index (χ1n) is 7.05. The second-order valence-electron chi connectivity index (χ2n) is 5.43. The van der Waals surface area contributed by atoms with Gasteiger partial charge in [0.1, 0.15) is 0 Å². The van der Waals surface area contributed by atoms with Crippen molar-refractivity contribution >= 4 is 5.97 Å². The second kappa shape index (κ2) is 7.52. The van der Waals surface area contributed by atoms with Gasteiger partial charge in [0.15, 0.2) is 0 Å². The fourth-order valence-electron chi connectivity index (χ4n) is 2.75. The van der Waals surface area contributed by atoms with Crippen LogP contribution in [0.5, 0.6) is 0 Å². The van der Waals surface area contributed by atoms with E-state index in [0.717, 1.165) is 5.92 Å². The van der Waals surface area contributed by atoms with E-state index in [1.54, 1.807) is 6.92 Å². The Morgan fingerprint density at radius 2 is 1.88 bits per heavy atom. The summed E-state index contributed by atoms with van der Waals surface area (Å²) in [4.78, 5) is 10.7. The Bertz CT molecular complexity index is 260. The van der Waals surface area contributed by atoms with Crippen LogP contribution in [0.4, 0.5) is 0 Å². The standard InChI is InChI=1S/C15H26O2/c1-3-4-5-6-13-7-9-14(10-8-13)11-12(2)15(16)17/h11,13-14H,3-10H2,1-2H3,(H,16,17). The number of aliphatic carboxylic acids is 1. The van der Waals surface area contributed by atoms with Crippen LogP contribution in [0.25, 0.3) is 0 Å². The topological polar surface area (TPSA) is 37.3 Å². The highest BCUT2D eigenvalue weighted by Gasteiger charge is 2.20. The largest absolute Gasteiger partial charge is 0.478 e. The summed E-state index contributed by atoms with van der Waals surface area (Å²) in [6.45, 7) is 3.95. The molecule has 0 bridgehead atoms. The molecule has 0 unspecified atom stereocenters. The van der Waals surface area contributed by atoms with Crippen LogP contribution in [-0.2, 0) is 4.79 Å².